The number of aromatic nitrogens is 3. The Morgan fingerprint density at radius 2 is 1.10 bits per heavy atom. The zero-order valence-electron chi connectivity index (χ0n) is 57.9. The van der Waals surface area contributed by atoms with E-state index in [1.807, 2.05) is 153 Å². The summed E-state index contributed by atoms with van der Waals surface area (Å²) in [5.41, 5.74) is 17.9. The number of piperazine rings is 1. The van der Waals surface area contributed by atoms with Crippen LogP contribution in [0.3, 0.4) is 0 Å². The molecule has 4 heterocycles. The van der Waals surface area contributed by atoms with Crippen LogP contribution >= 0.6 is 0 Å². The van der Waals surface area contributed by atoms with Crippen LogP contribution in [0.4, 0.5) is 10.2 Å². The van der Waals surface area contributed by atoms with Gasteiger partial charge in [0.25, 0.3) is 0 Å². The predicted molar refractivity (Wildman–Crippen MR) is 385 cm³/mol. The Bertz CT molecular complexity index is 4850. The number of hydroxylamine groups is 3. The first-order valence-corrected chi connectivity index (χ1v) is 34.3. The molecule has 3 aromatic heterocycles. The predicted octanol–water partition coefficient (Wildman–Crippen LogP) is 9.97. The topological polar surface area (TPSA) is 319 Å². The number of benzene rings is 7. The summed E-state index contributed by atoms with van der Waals surface area (Å²) in [5.74, 6) is -3.40. The largest absolute Gasteiger partial charge is 0.489 e. The maximum Gasteiger partial charge on any atom is 0.313 e. The lowest BCUT2D eigenvalue weighted by molar-refractivity contribution is -0.152. The van der Waals surface area contributed by atoms with Crippen LogP contribution in [0.5, 0.6) is 17.2 Å². The van der Waals surface area contributed by atoms with E-state index in [0.717, 1.165) is 104 Å². The van der Waals surface area contributed by atoms with Crippen molar-refractivity contribution in [1.29, 1.82) is 0 Å². The standard InChI is InChI=1S/C30H28N2O5.C27H30FN5O4.C23H23N3O4/c1-2-36-29(34)30(18-25(30)28(33)32-35)17-20-12-14-23(15-13-20)37-19-22-16-27(21-8-4-3-5-9-21)31-26-11-7-6-10-24(22)26;1-32-8-10-33(11-9-32)24-13-18(19-4-2-3-5-22(19)30-24)16-37-23-7-6-17(12-21(23)28)14-27(26(29)35)15-20(27)25(34)31-36;1-14-10-15(18-8-3-4-9-20(18)25-14)13-30-17-7-5-6-16(11-17)23(22(28)24-2)12-19(23)21(27)26-29/h3-16,25,35H,2,17-19H2,1H3,(H,32,33);2-7,12-13,20,36H,8-11,14-16H2,1H3,(H2,29,35)(H,31,34);3-11,19,29H,12-13H2,1-2H3,(H,24,28)(H,26,27)/t25-,30+;20-,27+;19-,23-/m110/s1. The number of para-hydroxylation sites is 3. The van der Waals surface area contributed by atoms with Crippen molar-refractivity contribution in [1.82, 2.24) is 41.6 Å². The Labute approximate surface area is 599 Å². The molecule has 14 rings (SSSR count). The molecule has 104 heavy (non-hydrogen) atoms. The van der Waals surface area contributed by atoms with Crippen molar-refractivity contribution in [2.24, 2.45) is 34.3 Å². The number of carbonyl (C=O) groups is 6. The zero-order chi connectivity index (χ0) is 73.3. The smallest absolute Gasteiger partial charge is 0.313 e. The third-order valence-electron chi connectivity index (χ3n) is 20.1. The molecule has 3 aliphatic carbocycles. The molecule has 0 bridgehead atoms. The number of nitrogens with two attached hydrogens (primary N) is 1. The van der Waals surface area contributed by atoms with Gasteiger partial charge >= 0.3 is 5.97 Å². The third kappa shape index (κ3) is 15.6. The Morgan fingerprint density at radius 1 is 0.558 bits per heavy atom. The number of hydrogen-bond acceptors (Lipinski definition) is 18. The van der Waals surface area contributed by atoms with E-state index in [1.54, 1.807) is 47.6 Å². The number of rotatable bonds is 23. The lowest BCUT2D eigenvalue weighted by Crippen LogP contribution is -2.44. The summed E-state index contributed by atoms with van der Waals surface area (Å²) in [6.07, 6.45) is 1.33. The van der Waals surface area contributed by atoms with Crippen LogP contribution in [0, 0.1) is 41.3 Å². The van der Waals surface area contributed by atoms with Crippen LogP contribution in [-0.4, -0.2) is 118 Å². The Hall–Kier alpha value is -11.4. The van der Waals surface area contributed by atoms with E-state index in [4.69, 9.17) is 50.3 Å². The second-order valence-electron chi connectivity index (χ2n) is 26.7. The fraction of sp³-hybridized carbons (Fsp3) is 0.287. The Morgan fingerprint density at radius 3 is 1.71 bits per heavy atom. The van der Waals surface area contributed by atoms with E-state index >= 15 is 4.39 Å². The van der Waals surface area contributed by atoms with Gasteiger partial charge in [-0.15, -0.1) is 0 Å². The SMILES string of the molecule is CCOC(=O)[C@@]1(Cc2ccc(OCc3cc(-c4ccccc4)nc4ccccc34)cc2)C[C@@H]1C(=O)NO.CN1CCN(c2cc(COc3ccc(C[C@]4(C(N)=O)C[C@@H]4C(=O)NO)cc3F)c3ccccc3n2)CC1.CNC(=O)[C@]1(c2cccc(OCc3cc(C)nc4ccccc34)c2)C[C@H]1C(=O)NO. The molecule has 0 spiro atoms. The number of anilines is 1. The number of carbonyl (C=O) groups excluding carboxylic acids is 6. The van der Waals surface area contributed by atoms with Crippen molar-refractivity contribution < 1.29 is 67.7 Å². The van der Waals surface area contributed by atoms with Crippen molar-refractivity contribution in [3.8, 4) is 28.5 Å². The number of nitrogens with zero attached hydrogens (tertiary/aromatic N) is 5. The molecule has 10 aromatic rings. The van der Waals surface area contributed by atoms with Gasteiger partial charge in [0, 0.05) is 77.3 Å². The van der Waals surface area contributed by atoms with Gasteiger partial charge in [-0.25, -0.2) is 30.8 Å². The number of ether oxygens (including phenoxy) is 4. The van der Waals surface area contributed by atoms with Gasteiger partial charge in [-0.2, -0.15) is 0 Å². The van der Waals surface area contributed by atoms with Crippen molar-refractivity contribution in [3.05, 3.63) is 233 Å². The van der Waals surface area contributed by atoms with E-state index < -0.39 is 69.4 Å². The normalized spacial score (nSPS) is 19.9. The molecule has 6 atom stereocenters. The minimum absolute atomic E-state index is 0.0827. The molecule has 24 heteroatoms. The van der Waals surface area contributed by atoms with Gasteiger partial charge < -0.3 is 39.8 Å². The second-order valence-corrected chi connectivity index (χ2v) is 26.7. The first-order valence-electron chi connectivity index (χ1n) is 34.3. The van der Waals surface area contributed by atoms with E-state index in [0.29, 0.717) is 55.1 Å². The molecule has 23 nitrogen and oxygen atoms in total. The van der Waals surface area contributed by atoms with Crippen LogP contribution in [-0.2, 0) is 71.6 Å². The number of primary amides is 1. The number of hydrogen-bond donors (Lipinski definition) is 8. The number of aryl methyl sites for hydroxylation is 1. The van der Waals surface area contributed by atoms with Gasteiger partial charge in [0.15, 0.2) is 11.6 Å². The molecule has 1 aliphatic heterocycles. The highest BCUT2D eigenvalue weighted by atomic mass is 19.1. The Kier molecular flexibility index (Phi) is 21.9. The van der Waals surface area contributed by atoms with Crippen molar-refractivity contribution in [2.45, 2.75) is 71.2 Å². The van der Waals surface area contributed by atoms with E-state index in [-0.39, 0.29) is 37.7 Å². The van der Waals surface area contributed by atoms with Gasteiger partial charge in [0.2, 0.25) is 29.5 Å². The highest BCUT2D eigenvalue weighted by Crippen LogP contribution is 2.57. The van der Waals surface area contributed by atoms with Gasteiger partial charge in [-0.1, -0.05) is 115 Å². The summed E-state index contributed by atoms with van der Waals surface area (Å²) in [4.78, 5) is 91.7. The van der Waals surface area contributed by atoms with Crippen LogP contribution in [0.1, 0.15) is 65.3 Å². The average molecular weight is 1410 g/mol. The van der Waals surface area contributed by atoms with Crippen molar-refractivity contribution in [2.75, 3.05) is 51.8 Å². The number of esters is 1. The molecule has 536 valence electrons. The fourth-order valence-electron chi connectivity index (χ4n) is 14.1. The maximum absolute atomic E-state index is 15.0. The van der Waals surface area contributed by atoms with Gasteiger partial charge in [-0.05, 0) is 142 Å². The zero-order valence-corrected chi connectivity index (χ0v) is 57.9. The monoisotopic (exact) mass is 1410 g/mol. The maximum atomic E-state index is 15.0. The molecule has 7 aromatic carbocycles. The first-order chi connectivity index (χ1) is 50.3. The molecule has 0 radical (unpaired) electrons. The Balaban J connectivity index is 0.000000148. The lowest BCUT2D eigenvalue weighted by Gasteiger charge is -2.33. The van der Waals surface area contributed by atoms with E-state index in [2.05, 4.69) is 33.2 Å². The molecular weight excluding hydrogens is 1330 g/mol. The van der Waals surface area contributed by atoms with Gasteiger partial charge in [-0.3, -0.25) is 49.4 Å². The van der Waals surface area contributed by atoms with E-state index in [1.165, 1.54) is 19.2 Å². The molecule has 4 fully saturated rings. The lowest BCUT2D eigenvalue weighted by atomic mass is 9.91. The van der Waals surface area contributed by atoms with Crippen LogP contribution < -0.4 is 46.6 Å². The number of pyridine rings is 3. The molecule has 9 N–H and O–H groups in total. The molecule has 5 amide bonds. The summed E-state index contributed by atoms with van der Waals surface area (Å²) >= 11 is 0. The number of nitrogens with one attached hydrogen (secondary N) is 4. The quantitative estimate of drug-likeness (QED) is 0.0168. The molecule has 3 saturated carbocycles. The first kappa shape index (κ1) is 72.4. The van der Waals surface area contributed by atoms with Gasteiger partial charge in [0.05, 0.1) is 62.8 Å². The third-order valence-corrected chi connectivity index (χ3v) is 20.1. The average Bonchev–Trinajstić information content (AvgIpc) is 1.56. The summed E-state index contributed by atoms with van der Waals surface area (Å²) in [6.45, 7) is 8.46. The summed E-state index contributed by atoms with van der Waals surface area (Å²) in [7, 11) is 3.64. The molecule has 1 saturated heterocycles. The van der Waals surface area contributed by atoms with E-state index in [9.17, 15) is 28.8 Å². The van der Waals surface area contributed by atoms with Crippen molar-refractivity contribution >= 4 is 74.0 Å². The summed E-state index contributed by atoms with van der Waals surface area (Å²) < 4.78 is 38.3. The fourth-order valence-corrected chi connectivity index (χ4v) is 14.1. The minimum atomic E-state index is -1.13. The highest BCUT2D eigenvalue weighted by Gasteiger charge is 2.66. The van der Waals surface area contributed by atoms with Gasteiger partial charge in [0.1, 0.15) is 37.1 Å². The minimum Gasteiger partial charge on any atom is -0.489 e. The number of fused-ring (bicyclic) bond motifs is 3. The van der Waals surface area contributed by atoms with Crippen LogP contribution in [0.25, 0.3) is 44.0 Å². The summed E-state index contributed by atoms with van der Waals surface area (Å²) in [6, 6.07) is 59.1. The summed E-state index contributed by atoms with van der Waals surface area (Å²) in [5, 5.41) is 32.5. The van der Waals surface area contributed by atoms with Crippen molar-refractivity contribution in [3.63, 3.8) is 0 Å². The molecule has 0 unspecified atom stereocenters. The molecular formula is C80H81FN10O13. The van der Waals surface area contributed by atoms with Crippen LogP contribution in [0.2, 0.25) is 0 Å². The highest BCUT2D eigenvalue weighted by molar-refractivity contribution is 6.01. The van der Waals surface area contributed by atoms with Crippen LogP contribution in [0.15, 0.2) is 188 Å². The number of halogens is 1. The molecule has 4 aliphatic rings. The number of amides is 5. The second kappa shape index (κ2) is 31.4. The number of likely N-dealkylation sites (N-methyl/N-ethyl adjacent to an activating group) is 2.